The van der Waals surface area contributed by atoms with E-state index in [2.05, 4.69) is 20.8 Å². The molecule has 0 fully saturated rings. The minimum Gasteiger partial charge on any atom is -0.360 e. The van der Waals surface area contributed by atoms with Gasteiger partial charge in [0, 0.05) is 18.3 Å². The maximum absolute atomic E-state index is 12.0. The predicted octanol–water partition coefficient (Wildman–Crippen LogP) is 2.78. The summed E-state index contributed by atoms with van der Waals surface area (Å²) < 4.78 is 0. The molecule has 0 aliphatic carbocycles. The van der Waals surface area contributed by atoms with Crippen LogP contribution in [0, 0.1) is 10.1 Å². The summed E-state index contributed by atoms with van der Waals surface area (Å²) in [6.45, 7) is 2.56. The van der Waals surface area contributed by atoms with Gasteiger partial charge in [0.2, 0.25) is 10.1 Å². The van der Waals surface area contributed by atoms with Crippen molar-refractivity contribution < 1.29 is 9.72 Å². The van der Waals surface area contributed by atoms with Crippen LogP contribution < -0.4 is 10.6 Å². The van der Waals surface area contributed by atoms with Gasteiger partial charge >= 0.3 is 0 Å². The van der Waals surface area contributed by atoms with Gasteiger partial charge in [-0.3, -0.25) is 14.9 Å². The number of carbonyl (C=O) groups is 1. The van der Waals surface area contributed by atoms with Crippen molar-refractivity contribution in [2.45, 2.75) is 6.92 Å². The van der Waals surface area contributed by atoms with Gasteiger partial charge in [-0.25, -0.2) is 0 Å². The van der Waals surface area contributed by atoms with E-state index < -0.39 is 10.8 Å². The summed E-state index contributed by atoms with van der Waals surface area (Å²) in [5, 5.41) is 24.5. The number of hydrogen-bond acceptors (Lipinski definition) is 7. The minimum absolute atomic E-state index is 0.00310. The highest BCUT2D eigenvalue weighted by Gasteiger charge is 2.16. The molecule has 2 rings (SSSR count). The number of rotatable bonds is 5. The number of amides is 1. The molecule has 0 spiro atoms. The number of nitrogens with one attached hydrogen (secondary N) is 2. The topological polar surface area (TPSA) is 110 Å². The van der Waals surface area contributed by atoms with Crippen molar-refractivity contribution in [1.82, 2.24) is 10.2 Å². The van der Waals surface area contributed by atoms with E-state index in [9.17, 15) is 14.9 Å². The molecule has 10 heteroatoms. The molecule has 0 bridgehead atoms. The van der Waals surface area contributed by atoms with Crippen LogP contribution in [-0.4, -0.2) is 27.6 Å². The van der Waals surface area contributed by atoms with Crippen molar-refractivity contribution in [1.29, 1.82) is 0 Å². The fraction of sp³-hybridized carbons (Fsp3) is 0.182. The van der Waals surface area contributed by atoms with Crippen LogP contribution in [0.4, 0.5) is 16.5 Å². The van der Waals surface area contributed by atoms with E-state index in [1.807, 2.05) is 6.92 Å². The van der Waals surface area contributed by atoms with Crippen molar-refractivity contribution in [2.75, 3.05) is 17.2 Å². The van der Waals surface area contributed by atoms with Crippen LogP contribution >= 0.6 is 22.9 Å². The number of nitrogens with zero attached hydrogens (tertiary/aromatic N) is 3. The second kappa shape index (κ2) is 6.46. The molecule has 0 saturated carbocycles. The lowest BCUT2D eigenvalue weighted by atomic mass is 10.3. The average molecular weight is 328 g/mol. The Morgan fingerprint density at radius 1 is 1.48 bits per heavy atom. The van der Waals surface area contributed by atoms with E-state index in [1.54, 1.807) is 0 Å². The zero-order chi connectivity index (χ0) is 15.4. The number of halogens is 1. The molecule has 0 aliphatic rings. The third-order valence-corrected chi connectivity index (χ3v) is 3.55. The van der Waals surface area contributed by atoms with Crippen molar-refractivity contribution in [2.24, 2.45) is 0 Å². The van der Waals surface area contributed by atoms with Gasteiger partial charge in [-0.05, 0) is 19.1 Å². The van der Waals surface area contributed by atoms with Gasteiger partial charge in [-0.15, -0.1) is 10.2 Å². The summed E-state index contributed by atoms with van der Waals surface area (Å²) in [5.41, 5.74) is -0.0173. The van der Waals surface area contributed by atoms with Crippen LogP contribution in [0.2, 0.25) is 5.02 Å². The SMILES string of the molecule is CCNc1nnc(C(=O)Nc2ccc(Cl)c([N+](=O)[O-])c2)s1. The van der Waals surface area contributed by atoms with Gasteiger partial charge < -0.3 is 10.6 Å². The fourth-order valence-electron chi connectivity index (χ4n) is 1.45. The van der Waals surface area contributed by atoms with E-state index in [0.29, 0.717) is 11.7 Å². The molecule has 2 aromatic rings. The molecule has 0 atom stereocenters. The lowest BCUT2D eigenvalue weighted by Gasteiger charge is -2.03. The molecular weight excluding hydrogens is 318 g/mol. The van der Waals surface area contributed by atoms with Crippen LogP contribution in [0.1, 0.15) is 16.7 Å². The molecule has 1 aromatic heterocycles. The lowest BCUT2D eigenvalue weighted by molar-refractivity contribution is -0.384. The molecule has 1 heterocycles. The van der Waals surface area contributed by atoms with E-state index in [0.717, 1.165) is 11.3 Å². The summed E-state index contributed by atoms with van der Waals surface area (Å²) in [6, 6.07) is 4.01. The Hall–Kier alpha value is -2.26. The number of benzene rings is 1. The Balaban J connectivity index is 2.15. The molecule has 0 aliphatic heterocycles. The Kier molecular flexibility index (Phi) is 4.66. The molecule has 1 aromatic carbocycles. The minimum atomic E-state index is -0.619. The van der Waals surface area contributed by atoms with Gasteiger partial charge in [-0.2, -0.15) is 0 Å². The van der Waals surface area contributed by atoms with E-state index in [4.69, 9.17) is 11.6 Å². The Bertz CT molecular complexity index is 690. The Morgan fingerprint density at radius 3 is 2.90 bits per heavy atom. The van der Waals surface area contributed by atoms with Gasteiger partial charge in [-0.1, -0.05) is 22.9 Å². The summed E-state index contributed by atoms with van der Waals surface area (Å²) >= 11 is 6.79. The van der Waals surface area contributed by atoms with Crippen molar-refractivity contribution >= 4 is 45.4 Å². The van der Waals surface area contributed by atoms with E-state index >= 15 is 0 Å². The molecule has 2 N–H and O–H groups in total. The molecule has 0 saturated heterocycles. The number of carbonyl (C=O) groups excluding carboxylic acids is 1. The molecule has 0 radical (unpaired) electrons. The number of anilines is 2. The Morgan fingerprint density at radius 2 is 2.24 bits per heavy atom. The fourth-order valence-corrected chi connectivity index (χ4v) is 2.35. The quantitative estimate of drug-likeness (QED) is 0.645. The predicted molar refractivity (Wildman–Crippen MR) is 80.1 cm³/mol. The number of nitro groups is 1. The summed E-state index contributed by atoms with van der Waals surface area (Å²) in [6.07, 6.45) is 0. The largest absolute Gasteiger partial charge is 0.360 e. The maximum atomic E-state index is 12.0. The molecule has 0 unspecified atom stereocenters. The van der Waals surface area contributed by atoms with Crippen molar-refractivity contribution in [3.05, 3.63) is 38.3 Å². The molecule has 21 heavy (non-hydrogen) atoms. The normalized spacial score (nSPS) is 10.2. The van der Waals surface area contributed by atoms with E-state index in [-0.39, 0.29) is 21.4 Å². The second-order valence-corrected chi connectivity index (χ2v) is 5.20. The van der Waals surface area contributed by atoms with Gasteiger partial charge in [0.1, 0.15) is 5.02 Å². The van der Waals surface area contributed by atoms with Gasteiger partial charge in [0.25, 0.3) is 11.6 Å². The lowest BCUT2D eigenvalue weighted by Crippen LogP contribution is -2.11. The van der Waals surface area contributed by atoms with E-state index in [1.165, 1.54) is 18.2 Å². The number of aromatic nitrogens is 2. The highest BCUT2D eigenvalue weighted by Crippen LogP contribution is 2.27. The van der Waals surface area contributed by atoms with Gasteiger partial charge in [0.15, 0.2) is 0 Å². The monoisotopic (exact) mass is 327 g/mol. The van der Waals surface area contributed by atoms with Crippen LogP contribution in [0.25, 0.3) is 0 Å². The highest BCUT2D eigenvalue weighted by atomic mass is 35.5. The average Bonchev–Trinajstić information content (AvgIpc) is 2.90. The first kappa shape index (κ1) is 15.1. The first-order chi connectivity index (χ1) is 10.0. The first-order valence-electron chi connectivity index (χ1n) is 5.84. The first-order valence-corrected chi connectivity index (χ1v) is 7.03. The second-order valence-electron chi connectivity index (χ2n) is 3.82. The van der Waals surface area contributed by atoms with Crippen molar-refractivity contribution in [3.63, 3.8) is 0 Å². The molecule has 1 amide bonds. The molecule has 110 valence electrons. The van der Waals surface area contributed by atoms with Crippen LogP contribution in [0.3, 0.4) is 0 Å². The van der Waals surface area contributed by atoms with Crippen LogP contribution in [0.15, 0.2) is 18.2 Å². The summed E-state index contributed by atoms with van der Waals surface area (Å²) in [7, 11) is 0. The third kappa shape index (κ3) is 3.64. The zero-order valence-corrected chi connectivity index (χ0v) is 12.4. The highest BCUT2D eigenvalue weighted by molar-refractivity contribution is 7.17. The maximum Gasteiger partial charge on any atom is 0.289 e. The standard InChI is InChI=1S/C11H10ClN5O3S/c1-2-13-11-16-15-10(21-11)9(18)14-6-3-4-7(12)8(5-6)17(19)20/h3-5H,2H2,1H3,(H,13,16)(H,14,18). The summed E-state index contributed by atoms with van der Waals surface area (Å²) in [5.74, 6) is -0.492. The van der Waals surface area contributed by atoms with Gasteiger partial charge in [0.05, 0.1) is 4.92 Å². The summed E-state index contributed by atoms with van der Waals surface area (Å²) in [4.78, 5) is 22.1. The smallest absolute Gasteiger partial charge is 0.289 e. The molecule has 8 nitrogen and oxygen atoms in total. The van der Waals surface area contributed by atoms with Crippen LogP contribution in [0.5, 0.6) is 0 Å². The van der Waals surface area contributed by atoms with Crippen LogP contribution in [-0.2, 0) is 0 Å². The number of hydrogen-bond donors (Lipinski definition) is 2. The molecular formula is C11H10ClN5O3S. The van der Waals surface area contributed by atoms with Crippen molar-refractivity contribution in [3.8, 4) is 0 Å². The number of nitro benzene ring substituents is 1. The zero-order valence-electron chi connectivity index (χ0n) is 10.8. The third-order valence-electron chi connectivity index (χ3n) is 2.35. The Labute approximate surface area is 128 Å².